The van der Waals surface area contributed by atoms with Gasteiger partial charge in [0.15, 0.2) is 0 Å². The van der Waals surface area contributed by atoms with E-state index in [0.29, 0.717) is 25.2 Å². The SMILES string of the molecule is CC1CCCCC1OCCNC(=O)N1CCN(C2CCCC2)CC1. The van der Waals surface area contributed by atoms with Crippen LogP contribution in [0.2, 0.25) is 0 Å². The molecule has 0 aromatic rings. The van der Waals surface area contributed by atoms with Gasteiger partial charge in [-0.25, -0.2) is 4.79 Å². The van der Waals surface area contributed by atoms with Gasteiger partial charge in [0.1, 0.15) is 0 Å². The number of carbonyl (C=O) groups excluding carboxylic acids is 1. The Hall–Kier alpha value is -0.810. The lowest BCUT2D eigenvalue weighted by Crippen LogP contribution is -2.54. The fraction of sp³-hybridized carbons (Fsp3) is 0.947. The van der Waals surface area contributed by atoms with Gasteiger partial charge in [0.05, 0.1) is 12.7 Å². The highest BCUT2D eigenvalue weighted by molar-refractivity contribution is 5.74. The summed E-state index contributed by atoms with van der Waals surface area (Å²) in [6.07, 6.45) is 10.9. The summed E-state index contributed by atoms with van der Waals surface area (Å²) in [5.74, 6) is 0.665. The molecule has 3 aliphatic rings. The van der Waals surface area contributed by atoms with Crippen molar-refractivity contribution >= 4 is 6.03 Å². The second-order valence-corrected chi connectivity index (χ2v) is 7.86. The number of ether oxygens (including phenoxy) is 1. The molecule has 24 heavy (non-hydrogen) atoms. The van der Waals surface area contributed by atoms with Gasteiger partial charge >= 0.3 is 6.03 Å². The number of nitrogens with zero attached hydrogens (tertiary/aromatic N) is 2. The molecule has 1 aliphatic heterocycles. The molecular formula is C19H35N3O2. The molecule has 5 heteroatoms. The van der Waals surface area contributed by atoms with Gasteiger partial charge in [-0.3, -0.25) is 4.90 Å². The highest BCUT2D eigenvalue weighted by atomic mass is 16.5. The minimum atomic E-state index is 0.0846. The fourth-order valence-electron chi connectivity index (χ4n) is 4.57. The number of amides is 2. The lowest BCUT2D eigenvalue weighted by Gasteiger charge is -2.38. The highest BCUT2D eigenvalue weighted by Crippen LogP contribution is 2.26. The summed E-state index contributed by atoms with van der Waals surface area (Å²) < 4.78 is 5.98. The van der Waals surface area contributed by atoms with Crippen molar-refractivity contribution in [1.29, 1.82) is 0 Å². The van der Waals surface area contributed by atoms with Crippen LogP contribution in [0.5, 0.6) is 0 Å². The predicted molar refractivity (Wildman–Crippen MR) is 96.2 cm³/mol. The van der Waals surface area contributed by atoms with Crippen molar-refractivity contribution in [2.24, 2.45) is 5.92 Å². The molecule has 3 fully saturated rings. The van der Waals surface area contributed by atoms with Gasteiger partial charge in [0.2, 0.25) is 0 Å². The van der Waals surface area contributed by atoms with E-state index in [-0.39, 0.29) is 6.03 Å². The molecule has 2 saturated carbocycles. The minimum absolute atomic E-state index is 0.0846. The van der Waals surface area contributed by atoms with Gasteiger partial charge in [0, 0.05) is 38.8 Å². The molecule has 0 radical (unpaired) electrons. The molecule has 2 aliphatic carbocycles. The molecule has 2 amide bonds. The Balaban J connectivity index is 1.28. The average molecular weight is 338 g/mol. The van der Waals surface area contributed by atoms with E-state index in [1.54, 1.807) is 0 Å². The standard InChI is InChI=1S/C19H35N3O2/c1-16-6-2-5-9-18(16)24-15-10-20-19(23)22-13-11-21(12-14-22)17-7-3-4-8-17/h16-18H,2-15H2,1H3,(H,20,23). The lowest BCUT2D eigenvalue weighted by molar-refractivity contribution is -0.00288. The topological polar surface area (TPSA) is 44.8 Å². The summed E-state index contributed by atoms with van der Waals surface area (Å²) in [5.41, 5.74) is 0. The van der Waals surface area contributed by atoms with Crippen molar-refractivity contribution in [2.45, 2.75) is 70.4 Å². The van der Waals surface area contributed by atoms with Crippen molar-refractivity contribution in [2.75, 3.05) is 39.3 Å². The molecule has 2 atom stereocenters. The van der Waals surface area contributed by atoms with Crippen LogP contribution in [0.1, 0.15) is 58.3 Å². The quantitative estimate of drug-likeness (QED) is 0.785. The Morgan fingerprint density at radius 3 is 2.38 bits per heavy atom. The molecule has 0 spiro atoms. The second kappa shape index (κ2) is 9.04. The first-order valence-electron chi connectivity index (χ1n) is 10.1. The molecule has 1 heterocycles. The number of carbonyl (C=O) groups is 1. The van der Waals surface area contributed by atoms with Gasteiger partial charge in [0.25, 0.3) is 0 Å². The minimum Gasteiger partial charge on any atom is -0.376 e. The molecule has 3 rings (SSSR count). The van der Waals surface area contributed by atoms with Crippen LogP contribution < -0.4 is 5.32 Å². The van der Waals surface area contributed by atoms with Gasteiger partial charge in [-0.05, 0) is 31.6 Å². The average Bonchev–Trinajstić information content (AvgIpc) is 3.15. The van der Waals surface area contributed by atoms with Crippen molar-refractivity contribution in [1.82, 2.24) is 15.1 Å². The maximum atomic E-state index is 12.3. The van der Waals surface area contributed by atoms with Gasteiger partial charge < -0.3 is 15.0 Å². The molecule has 0 aromatic heterocycles. The number of piperazine rings is 1. The van der Waals surface area contributed by atoms with Crippen LogP contribution in [0, 0.1) is 5.92 Å². The summed E-state index contributed by atoms with van der Waals surface area (Å²) >= 11 is 0. The zero-order valence-electron chi connectivity index (χ0n) is 15.3. The van der Waals surface area contributed by atoms with Crippen LogP contribution in [0.15, 0.2) is 0 Å². The monoisotopic (exact) mass is 337 g/mol. The third kappa shape index (κ3) is 4.85. The number of urea groups is 1. The molecule has 1 saturated heterocycles. The van der Waals surface area contributed by atoms with Crippen LogP contribution in [0.25, 0.3) is 0 Å². The van der Waals surface area contributed by atoms with Crippen molar-refractivity contribution in [3.63, 3.8) is 0 Å². The molecule has 2 unspecified atom stereocenters. The Kier molecular flexibility index (Phi) is 6.78. The summed E-state index contributed by atoms with van der Waals surface area (Å²) in [6, 6.07) is 0.863. The number of hydrogen-bond acceptors (Lipinski definition) is 3. The summed E-state index contributed by atoms with van der Waals surface area (Å²) in [6.45, 7) is 7.36. The van der Waals surface area contributed by atoms with E-state index in [1.807, 2.05) is 4.90 Å². The molecule has 138 valence electrons. The van der Waals surface area contributed by atoms with Crippen molar-refractivity contribution in [3.8, 4) is 0 Å². The Bertz CT molecular complexity index is 390. The van der Waals surface area contributed by atoms with Crippen LogP contribution in [0.4, 0.5) is 4.79 Å². The smallest absolute Gasteiger partial charge is 0.317 e. The number of hydrogen-bond donors (Lipinski definition) is 1. The molecule has 5 nitrogen and oxygen atoms in total. The lowest BCUT2D eigenvalue weighted by atomic mass is 9.88. The third-order valence-electron chi connectivity index (χ3n) is 6.19. The Morgan fingerprint density at radius 1 is 1.00 bits per heavy atom. The normalized spacial score (nSPS) is 29.8. The first-order valence-corrected chi connectivity index (χ1v) is 10.1. The van der Waals surface area contributed by atoms with E-state index in [0.717, 1.165) is 32.2 Å². The zero-order valence-corrected chi connectivity index (χ0v) is 15.3. The van der Waals surface area contributed by atoms with E-state index in [9.17, 15) is 4.79 Å². The second-order valence-electron chi connectivity index (χ2n) is 7.86. The Morgan fingerprint density at radius 2 is 1.67 bits per heavy atom. The molecule has 0 aromatic carbocycles. The van der Waals surface area contributed by atoms with E-state index in [1.165, 1.54) is 51.4 Å². The van der Waals surface area contributed by atoms with Crippen LogP contribution in [-0.2, 0) is 4.74 Å². The predicted octanol–water partition coefficient (Wildman–Crippen LogP) is 2.85. The van der Waals surface area contributed by atoms with E-state index >= 15 is 0 Å². The maximum absolute atomic E-state index is 12.3. The van der Waals surface area contributed by atoms with Crippen LogP contribution in [-0.4, -0.2) is 67.3 Å². The number of nitrogens with one attached hydrogen (secondary N) is 1. The van der Waals surface area contributed by atoms with Crippen molar-refractivity contribution < 1.29 is 9.53 Å². The molecule has 0 bridgehead atoms. The van der Waals surface area contributed by atoms with E-state index in [2.05, 4.69) is 17.1 Å². The number of rotatable bonds is 5. The van der Waals surface area contributed by atoms with E-state index < -0.39 is 0 Å². The molecular weight excluding hydrogens is 302 g/mol. The molecule has 1 N–H and O–H groups in total. The summed E-state index contributed by atoms with van der Waals surface area (Å²) in [5, 5.41) is 3.03. The maximum Gasteiger partial charge on any atom is 0.317 e. The van der Waals surface area contributed by atoms with Crippen molar-refractivity contribution in [3.05, 3.63) is 0 Å². The zero-order chi connectivity index (χ0) is 16.8. The third-order valence-corrected chi connectivity index (χ3v) is 6.19. The largest absolute Gasteiger partial charge is 0.376 e. The first-order chi connectivity index (χ1) is 11.7. The Labute approximate surface area is 147 Å². The van der Waals surface area contributed by atoms with E-state index in [4.69, 9.17) is 4.74 Å². The highest BCUT2D eigenvalue weighted by Gasteiger charge is 2.27. The summed E-state index contributed by atoms with van der Waals surface area (Å²) in [7, 11) is 0. The fourth-order valence-corrected chi connectivity index (χ4v) is 4.57. The van der Waals surface area contributed by atoms with Gasteiger partial charge in [-0.1, -0.05) is 32.6 Å². The van der Waals surface area contributed by atoms with Crippen LogP contribution >= 0.6 is 0 Å². The first kappa shape index (κ1) is 18.0. The summed E-state index contributed by atoms with van der Waals surface area (Å²) in [4.78, 5) is 16.8. The van der Waals surface area contributed by atoms with Gasteiger partial charge in [-0.2, -0.15) is 0 Å². The van der Waals surface area contributed by atoms with Crippen LogP contribution in [0.3, 0.4) is 0 Å². The van der Waals surface area contributed by atoms with Gasteiger partial charge in [-0.15, -0.1) is 0 Å².